The molecule has 2 aliphatic heterocycles. The van der Waals surface area contributed by atoms with Crippen molar-refractivity contribution in [2.75, 3.05) is 43.0 Å². The number of amides is 1. The molecule has 0 bridgehead atoms. The first-order valence-corrected chi connectivity index (χ1v) is 9.77. The van der Waals surface area contributed by atoms with Crippen LogP contribution < -0.4 is 5.32 Å². The van der Waals surface area contributed by atoms with Gasteiger partial charge in [0.2, 0.25) is 5.91 Å². The van der Waals surface area contributed by atoms with Crippen LogP contribution in [0.25, 0.3) is 0 Å². The molecule has 1 aromatic rings. The molecule has 5 heteroatoms. The Morgan fingerprint density at radius 2 is 1.96 bits per heavy atom. The fraction of sp³-hybridized carbons (Fsp3) is 0.611. The smallest absolute Gasteiger partial charge is 0.219 e. The number of hydrogen-bond acceptors (Lipinski definition) is 4. The molecule has 126 valence electrons. The first kappa shape index (κ1) is 16.7. The van der Waals surface area contributed by atoms with Crippen molar-refractivity contribution in [1.82, 2.24) is 9.80 Å². The van der Waals surface area contributed by atoms with Gasteiger partial charge in [-0.2, -0.15) is 11.8 Å². The van der Waals surface area contributed by atoms with Crippen LogP contribution in [-0.4, -0.2) is 59.4 Å². The van der Waals surface area contributed by atoms with Gasteiger partial charge in [-0.15, -0.1) is 0 Å². The van der Waals surface area contributed by atoms with Crippen LogP contribution in [-0.2, 0) is 11.3 Å². The number of carbonyl (C=O) groups is 1. The predicted octanol–water partition coefficient (Wildman–Crippen LogP) is 2.66. The monoisotopic (exact) mass is 333 g/mol. The third-order valence-electron chi connectivity index (χ3n) is 4.71. The number of rotatable bonds is 4. The van der Waals surface area contributed by atoms with Crippen molar-refractivity contribution in [2.24, 2.45) is 0 Å². The normalized spacial score (nSPS) is 22.8. The summed E-state index contributed by atoms with van der Waals surface area (Å²) in [5.41, 5.74) is 2.59. The van der Waals surface area contributed by atoms with Crippen molar-refractivity contribution < 1.29 is 4.79 Å². The standard InChI is InChI=1S/C18H27N3OS/c1-15(22)21-10-8-20(9-11-21)13-16-4-6-17(7-5-16)19-18-3-2-12-23-14-18/h4-7,18-19H,2-3,8-14H2,1H3/t18-/m0/s1. The van der Waals surface area contributed by atoms with E-state index in [1.807, 2.05) is 4.90 Å². The highest BCUT2D eigenvalue weighted by Crippen LogP contribution is 2.21. The Hall–Kier alpha value is -1.20. The van der Waals surface area contributed by atoms with E-state index >= 15 is 0 Å². The number of anilines is 1. The van der Waals surface area contributed by atoms with Crippen LogP contribution in [0.3, 0.4) is 0 Å². The zero-order valence-corrected chi connectivity index (χ0v) is 14.8. The number of thioether (sulfide) groups is 1. The molecule has 2 fully saturated rings. The Balaban J connectivity index is 1.47. The van der Waals surface area contributed by atoms with E-state index < -0.39 is 0 Å². The molecule has 1 amide bonds. The summed E-state index contributed by atoms with van der Waals surface area (Å²) in [4.78, 5) is 15.7. The van der Waals surface area contributed by atoms with Crippen LogP contribution in [0.4, 0.5) is 5.69 Å². The summed E-state index contributed by atoms with van der Waals surface area (Å²) in [6.07, 6.45) is 2.61. The number of benzene rings is 1. The van der Waals surface area contributed by atoms with E-state index in [2.05, 4.69) is 46.2 Å². The highest BCUT2D eigenvalue weighted by atomic mass is 32.2. The second kappa shape index (κ2) is 8.06. The summed E-state index contributed by atoms with van der Waals surface area (Å²) >= 11 is 2.05. The van der Waals surface area contributed by atoms with Crippen LogP contribution in [0.2, 0.25) is 0 Å². The summed E-state index contributed by atoms with van der Waals surface area (Å²) in [5.74, 6) is 2.73. The average Bonchev–Trinajstić information content (AvgIpc) is 2.58. The topological polar surface area (TPSA) is 35.6 Å². The molecule has 0 aromatic heterocycles. The third kappa shape index (κ3) is 4.88. The molecule has 1 aromatic carbocycles. The second-order valence-electron chi connectivity index (χ2n) is 6.54. The lowest BCUT2D eigenvalue weighted by Gasteiger charge is -2.34. The van der Waals surface area contributed by atoms with Gasteiger partial charge in [0.05, 0.1) is 0 Å². The maximum absolute atomic E-state index is 11.4. The van der Waals surface area contributed by atoms with Gasteiger partial charge in [0.15, 0.2) is 0 Å². The molecular weight excluding hydrogens is 306 g/mol. The maximum atomic E-state index is 11.4. The lowest BCUT2D eigenvalue weighted by molar-refractivity contribution is -0.130. The Morgan fingerprint density at radius 3 is 2.57 bits per heavy atom. The second-order valence-corrected chi connectivity index (χ2v) is 7.69. The molecule has 0 unspecified atom stereocenters. The number of piperazine rings is 1. The minimum Gasteiger partial charge on any atom is -0.381 e. The Labute approximate surface area is 143 Å². The van der Waals surface area contributed by atoms with Gasteiger partial charge in [-0.1, -0.05) is 12.1 Å². The number of nitrogens with one attached hydrogen (secondary N) is 1. The molecule has 0 spiro atoms. The van der Waals surface area contributed by atoms with Gasteiger partial charge in [0.1, 0.15) is 0 Å². The zero-order chi connectivity index (χ0) is 16.1. The van der Waals surface area contributed by atoms with Gasteiger partial charge in [-0.3, -0.25) is 9.69 Å². The minimum atomic E-state index is 0.195. The molecule has 23 heavy (non-hydrogen) atoms. The molecular formula is C18H27N3OS. The van der Waals surface area contributed by atoms with E-state index in [0.29, 0.717) is 6.04 Å². The number of hydrogen-bond donors (Lipinski definition) is 1. The number of carbonyl (C=O) groups excluding carboxylic acids is 1. The van der Waals surface area contributed by atoms with Gasteiger partial charge < -0.3 is 10.2 Å². The van der Waals surface area contributed by atoms with Crippen molar-refractivity contribution in [2.45, 2.75) is 32.4 Å². The summed E-state index contributed by atoms with van der Waals surface area (Å²) in [7, 11) is 0. The van der Waals surface area contributed by atoms with Crippen LogP contribution in [0.5, 0.6) is 0 Å². The van der Waals surface area contributed by atoms with Crippen molar-refractivity contribution in [1.29, 1.82) is 0 Å². The van der Waals surface area contributed by atoms with Crippen LogP contribution in [0.1, 0.15) is 25.3 Å². The molecule has 2 heterocycles. The summed E-state index contributed by atoms with van der Waals surface area (Å²) < 4.78 is 0. The highest BCUT2D eigenvalue weighted by Gasteiger charge is 2.18. The molecule has 2 aliphatic rings. The molecule has 1 N–H and O–H groups in total. The first-order chi connectivity index (χ1) is 11.2. The van der Waals surface area contributed by atoms with Gasteiger partial charge in [-0.25, -0.2) is 0 Å². The van der Waals surface area contributed by atoms with E-state index in [1.165, 1.54) is 35.6 Å². The SMILES string of the molecule is CC(=O)N1CCN(Cc2ccc(N[C@H]3CCCSC3)cc2)CC1. The van der Waals surface area contributed by atoms with Crippen molar-refractivity contribution in [3.63, 3.8) is 0 Å². The zero-order valence-electron chi connectivity index (χ0n) is 14.0. The third-order valence-corrected chi connectivity index (χ3v) is 5.92. The van der Waals surface area contributed by atoms with Gasteiger partial charge in [0.25, 0.3) is 0 Å². The van der Waals surface area contributed by atoms with Gasteiger partial charge in [-0.05, 0) is 36.3 Å². The van der Waals surface area contributed by atoms with Crippen LogP contribution >= 0.6 is 11.8 Å². The van der Waals surface area contributed by atoms with Crippen molar-refractivity contribution in [3.8, 4) is 0 Å². The number of nitrogens with zero attached hydrogens (tertiary/aromatic N) is 2. The van der Waals surface area contributed by atoms with Gasteiger partial charge >= 0.3 is 0 Å². The summed E-state index contributed by atoms with van der Waals surface area (Å²) in [6.45, 7) is 6.29. The first-order valence-electron chi connectivity index (χ1n) is 8.62. The predicted molar refractivity (Wildman–Crippen MR) is 97.9 cm³/mol. The summed E-state index contributed by atoms with van der Waals surface area (Å²) in [5, 5.41) is 3.65. The fourth-order valence-corrected chi connectivity index (χ4v) is 4.35. The Kier molecular flexibility index (Phi) is 5.84. The van der Waals surface area contributed by atoms with E-state index in [-0.39, 0.29) is 5.91 Å². The Bertz CT molecular complexity index is 506. The van der Waals surface area contributed by atoms with E-state index in [0.717, 1.165) is 32.7 Å². The largest absolute Gasteiger partial charge is 0.381 e. The lowest BCUT2D eigenvalue weighted by Crippen LogP contribution is -2.47. The molecule has 0 saturated carbocycles. The van der Waals surface area contributed by atoms with Crippen LogP contribution in [0.15, 0.2) is 24.3 Å². The quantitative estimate of drug-likeness (QED) is 0.919. The molecule has 0 aliphatic carbocycles. The average molecular weight is 334 g/mol. The molecule has 0 radical (unpaired) electrons. The molecule has 4 nitrogen and oxygen atoms in total. The van der Waals surface area contributed by atoms with E-state index in [9.17, 15) is 4.79 Å². The van der Waals surface area contributed by atoms with Crippen LogP contribution in [0, 0.1) is 0 Å². The van der Waals surface area contributed by atoms with E-state index in [1.54, 1.807) is 6.92 Å². The molecule has 1 atom stereocenters. The van der Waals surface area contributed by atoms with Crippen molar-refractivity contribution >= 4 is 23.4 Å². The van der Waals surface area contributed by atoms with Gasteiger partial charge in [0, 0.05) is 57.1 Å². The molecule has 3 rings (SSSR count). The minimum absolute atomic E-state index is 0.195. The van der Waals surface area contributed by atoms with E-state index in [4.69, 9.17) is 0 Å². The Morgan fingerprint density at radius 1 is 1.22 bits per heavy atom. The maximum Gasteiger partial charge on any atom is 0.219 e. The lowest BCUT2D eigenvalue weighted by atomic mass is 10.1. The van der Waals surface area contributed by atoms with Crippen molar-refractivity contribution in [3.05, 3.63) is 29.8 Å². The fourth-order valence-electron chi connectivity index (χ4n) is 3.28. The molecule has 2 saturated heterocycles. The highest BCUT2D eigenvalue weighted by molar-refractivity contribution is 7.99. The summed E-state index contributed by atoms with van der Waals surface area (Å²) in [6, 6.07) is 9.51.